The molecular weight excluding hydrogens is 200 g/mol. The van der Waals surface area contributed by atoms with Crippen LogP contribution < -0.4 is 0 Å². The third-order valence-corrected chi connectivity index (χ3v) is 2.85. The number of hydrogen-bond acceptors (Lipinski definition) is 2. The number of benzene rings is 1. The summed E-state index contributed by atoms with van der Waals surface area (Å²) < 4.78 is 5.20. The fraction of sp³-hybridized carbons (Fsp3) is 0.357. The minimum atomic E-state index is -0.0960. The minimum absolute atomic E-state index is 0.0960. The van der Waals surface area contributed by atoms with Gasteiger partial charge in [0, 0.05) is 6.42 Å². The topological polar surface area (TPSA) is 26.3 Å². The Kier molecular flexibility index (Phi) is 3.40. The molecule has 1 aromatic rings. The van der Waals surface area contributed by atoms with E-state index in [1.165, 1.54) is 5.57 Å². The second-order valence-electron chi connectivity index (χ2n) is 4.37. The first kappa shape index (κ1) is 10.9. The summed E-state index contributed by atoms with van der Waals surface area (Å²) in [5.41, 5.74) is 2.29. The molecule has 0 radical (unpaired) electrons. The lowest BCUT2D eigenvalue weighted by Crippen LogP contribution is -2.19. The highest BCUT2D eigenvalue weighted by Gasteiger charge is 2.24. The molecule has 0 atom stereocenters. The zero-order valence-electron chi connectivity index (χ0n) is 9.32. The van der Waals surface area contributed by atoms with Gasteiger partial charge in [0.1, 0.15) is 6.61 Å². The molecule has 1 aliphatic rings. The molecule has 1 saturated carbocycles. The Bertz CT molecular complexity index is 373. The Morgan fingerprint density at radius 2 is 2.00 bits per heavy atom. The highest BCUT2D eigenvalue weighted by Crippen LogP contribution is 2.34. The number of ether oxygens (including phenoxy) is 1. The van der Waals surface area contributed by atoms with E-state index in [-0.39, 0.29) is 5.97 Å². The van der Waals surface area contributed by atoms with Crippen LogP contribution in [0, 0.1) is 5.92 Å². The van der Waals surface area contributed by atoms with Crippen LogP contribution >= 0.6 is 0 Å². The number of carbonyl (C=O) groups excluding carboxylic acids is 1. The molecule has 2 rings (SSSR count). The minimum Gasteiger partial charge on any atom is -0.461 e. The van der Waals surface area contributed by atoms with E-state index in [2.05, 4.69) is 6.58 Å². The summed E-state index contributed by atoms with van der Waals surface area (Å²) in [7, 11) is 0. The van der Waals surface area contributed by atoms with Gasteiger partial charge in [-0.05, 0) is 24.3 Å². The van der Waals surface area contributed by atoms with E-state index < -0.39 is 0 Å². The average molecular weight is 216 g/mol. The predicted molar refractivity (Wildman–Crippen MR) is 62.7 cm³/mol. The summed E-state index contributed by atoms with van der Waals surface area (Å²) >= 11 is 0. The molecule has 0 N–H and O–H groups in total. The molecule has 0 aromatic heterocycles. The third-order valence-electron chi connectivity index (χ3n) is 2.85. The van der Waals surface area contributed by atoms with Crippen molar-refractivity contribution < 1.29 is 9.53 Å². The van der Waals surface area contributed by atoms with E-state index in [1.54, 1.807) is 0 Å². The summed E-state index contributed by atoms with van der Waals surface area (Å²) in [5.74, 6) is 0.372. The van der Waals surface area contributed by atoms with E-state index in [0.29, 0.717) is 18.9 Å². The van der Waals surface area contributed by atoms with Crippen molar-refractivity contribution in [3.8, 4) is 0 Å². The van der Waals surface area contributed by atoms with Gasteiger partial charge in [-0.1, -0.05) is 42.5 Å². The Labute approximate surface area is 95.9 Å². The molecule has 16 heavy (non-hydrogen) atoms. The van der Waals surface area contributed by atoms with Crippen molar-refractivity contribution in [1.29, 1.82) is 0 Å². The molecule has 84 valence electrons. The maximum Gasteiger partial charge on any atom is 0.306 e. The summed E-state index contributed by atoms with van der Waals surface area (Å²) in [6.45, 7) is 4.24. The van der Waals surface area contributed by atoms with Gasteiger partial charge in [-0.3, -0.25) is 4.79 Å². The molecule has 0 bridgehead atoms. The molecule has 0 saturated heterocycles. The Morgan fingerprint density at radius 3 is 2.62 bits per heavy atom. The van der Waals surface area contributed by atoms with Gasteiger partial charge in [-0.15, -0.1) is 0 Å². The smallest absolute Gasteiger partial charge is 0.306 e. The zero-order chi connectivity index (χ0) is 11.4. The number of esters is 1. The van der Waals surface area contributed by atoms with Gasteiger partial charge in [-0.2, -0.15) is 0 Å². The van der Waals surface area contributed by atoms with Crippen molar-refractivity contribution in [1.82, 2.24) is 0 Å². The first-order chi connectivity index (χ1) is 7.74. The summed E-state index contributed by atoms with van der Waals surface area (Å²) in [5, 5.41) is 0. The summed E-state index contributed by atoms with van der Waals surface area (Å²) in [4.78, 5) is 11.5. The molecule has 0 spiro atoms. The summed E-state index contributed by atoms with van der Waals surface area (Å²) in [6, 6.07) is 9.75. The molecule has 1 aliphatic carbocycles. The molecule has 1 fully saturated rings. The molecule has 0 aliphatic heterocycles. The first-order valence-electron chi connectivity index (χ1n) is 5.60. The third kappa shape index (κ3) is 2.96. The van der Waals surface area contributed by atoms with E-state index in [9.17, 15) is 4.79 Å². The van der Waals surface area contributed by atoms with Gasteiger partial charge in [0.25, 0.3) is 0 Å². The van der Waals surface area contributed by atoms with Crippen molar-refractivity contribution in [2.24, 2.45) is 5.92 Å². The molecule has 2 nitrogen and oxygen atoms in total. The van der Waals surface area contributed by atoms with Crippen LogP contribution in [-0.2, 0) is 16.1 Å². The standard InChI is InChI=1S/C14H16O2/c1-11-7-13(8-11)9-14(15)16-10-12-5-3-2-4-6-12/h2-6,13H,1,7-10H2. The predicted octanol–water partition coefficient (Wildman–Crippen LogP) is 3.09. The van der Waals surface area contributed by atoms with Gasteiger partial charge in [0.2, 0.25) is 0 Å². The lowest BCUT2D eigenvalue weighted by Gasteiger charge is -2.27. The SMILES string of the molecule is C=C1CC(CC(=O)OCc2ccccc2)C1. The van der Waals surface area contributed by atoms with Crippen molar-refractivity contribution in [2.45, 2.75) is 25.9 Å². The van der Waals surface area contributed by atoms with Crippen LogP contribution in [0.5, 0.6) is 0 Å². The van der Waals surface area contributed by atoms with Crippen LogP contribution in [0.2, 0.25) is 0 Å². The molecular formula is C14H16O2. The molecule has 0 amide bonds. The van der Waals surface area contributed by atoms with Crippen LogP contribution in [-0.4, -0.2) is 5.97 Å². The van der Waals surface area contributed by atoms with Crippen molar-refractivity contribution in [3.05, 3.63) is 48.0 Å². The maximum atomic E-state index is 11.5. The van der Waals surface area contributed by atoms with Gasteiger partial charge in [0.05, 0.1) is 0 Å². The number of rotatable bonds is 4. The maximum absolute atomic E-state index is 11.5. The Balaban J connectivity index is 1.70. The van der Waals surface area contributed by atoms with E-state index in [4.69, 9.17) is 4.74 Å². The summed E-state index contributed by atoms with van der Waals surface area (Å²) in [6.07, 6.45) is 2.51. The van der Waals surface area contributed by atoms with E-state index >= 15 is 0 Å². The zero-order valence-corrected chi connectivity index (χ0v) is 9.32. The van der Waals surface area contributed by atoms with Crippen LogP contribution in [0.1, 0.15) is 24.8 Å². The lowest BCUT2D eigenvalue weighted by atomic mass is 9.79. The molecule has 0 heterocycles. The molecule has 0 unspecified atom stereocenters. The van der Waals surface area contributed by atoms with Crippen LogP contribution in [0.15, 0.2) is 42.5 Å². The van der Waals surface area contributed by atoms with Gasteiger partial charge in [-0.25, -0.2) is 0 Å². The van der Waals surface area contributed by atoms with Crippen LogP contribution in [0.3, 0.4) is 0 Å². The molecule has 2 heteroatoms. The van der Waals surface area contributed by atoms with Crippen molar-refractivity contribution in [2.75, 3.05) is 0 Å². The monoisotopic (exact) mass is 216 g/mol. The largest absolute Gasteiger partial charge is 0.461 e. The highest BCUT2D eigenvalue weighted by molar-refractivity contribution is 5.70. The first-order valence-corrected chi connectivity index (χ1v) is 5.60. The lowest BCUT2D eigenvalue weighted by molar-refractivity contribution is -0.146. The quantitative estimate of drug-likeness (QED) is 0.571. The fourth-order valence-electron chi connectivity index (χ4n) is 1.93. The normalized spacial score (nSPS) is 15.6. The van der Waals surface area contributed by atoms with Crippen molar-refractivity contribution in [3.63, 3.8) is 0 Å². The number of carbonyl (C=O) groups is 1. The molecule has 1 aromatic carbocycles. The van der Waals surface area contributed by atoms with Crippen molar-refractivity contribution >= 4 is 5.97 Å². The van der Waals surface area contributed by atoms with Gasteiger partial charge >= 0.3 is 5.97 Å². The highest BCUT2D eigenvalue weighted by atomic mass is 16.5. The Morgan fingerprint density at radius 1 is 1.31 bits per heavy atom. The van der Waals surface area contributed by atoms with Crippen LogP contribution in [0.25, 0.3) is 0 Å². The fourth-order valence-corrected chi connectivity index (χ4v) is 1.93. The average Bonchev–Trinajstić information content (AvgIpc) is 2.26. The number of allylic oxidation sites excluding steroid dienone is 1. The van der Waals surface area contributed by atoms with Gasteiger partial charge < -0.3 is 4.74 Å². The second kappa shape index (κ2) is 4.97. The van der Waals surface area contributed by atoms with Crippen LogP contribution in [0.4, 0.5) is 0 Å². The van der Waals surface area contributed by atoms with E-state index in [1.807, 2.05) is 30.3 Å². The second-order valence-corrected chi connectivity index (χ2v) is 4.37. The number of hydrogen-bond donors (Lipinski definition) is 0. The van der Waals surface area contributed by atoms with Gasteiger partial charge in [0.15, 0.2) is 0 Å². The Hall–Kier alpha value is -1.57. The van der Waals surface area contributed by atoms with E-state index in [0.717, 1.165) is 18.4 Å².